The van der Waals surface area contributed by atoms with Gasteiger partial charge >= 0.3 is 0 Å². The molecule has 0 aliphatic heterocycles. The second kappa shape index (κ2) is 4.61. The summed E-state index contributed by atoms with van der Waals surface area (Å²) in [5.74, 6) is 0.327. The summed E-state index contributed by atoms with van der Waals surface area (Å²) in [4.78, 5) is 11.2. The molecular weight excluding hydrogens is 150 g/mol. The normalized spacial score (nSPS) is 12.2. The van der Waals surface area contributed by atoms with Crippen LogP contribution >= 0.6 is 0 Å². The Morgan fingerprint density at radius 1 is 1.42 bits per heavy atom. The predicted molar refractivity (Wildman–Crippen MR) is 52.3 cm³/mol. The van der Waals surface area contributed by atoms with Crippen molar-refractivity contribution in [2.75, 3.05) is 0 Å². The Bertz CT molecular complexity index is 150. The Morgan fingerprint density at radius 3 is 2.25 bits per heavy atom. The minimum absolute atomic E-state index is 0.0543. The molecule has 0 saturated carbocycles. The van der Waals surface area contributed by atoms with Gasteiger partial charge in [0.1, 0.15) is 5.78 Å². The molecule has 0 amide bonds. The smallest absolute Gasteiger partial charge is 0.134 e. The van der Waals surface area contributed by atoms with Crippen molar-refractivity contribution in [1.82, 2.24) is 5.32 Å². The minimum atomic E-state index is -0.0543. The van der Waals surface area contributed by atoms with Crippen LogP contribution in [0.2, 0.25) is 0 Å². The maximum atomic E-state index is 11.2. The van der Waals surface area contributed by atoms with Gasteiger partial charge in [0.2, 0.25) is 0 Å². The highest BCUT2D eigenvalue weighted by Gasteiger charge is 2.20. The summed E-state index contributed by atoms with van der Waals surface area (Å²) in [7, 11) is 0. The van der Waals surface area contributed by atoms with Gasteiger partial charge < -0.3 is 5.32 Å². The number of Topliss-reactive ketones (excluding diaryl/α,β-unsaturated/α-hetero) is 1. The van der Waals surface area contributed by atoms with E-state index in [0.717, 1.165) is 0 Å². The van der Waals surface area contributed by atoms with Gasteiger partial charge in [0.05, 0.1) is 0 Å². The molecule has 72 valence electrons. The van der Waals surface area contributed by atoms with Crippen LogP contribution in [0.4, 0.5) is 0 Å². The fraction of sp³-hybridized carbons (Fsp3) is 0.900. The second-order valence-corrected chi connectivity index (χ2v) is 4.25. The van der Waals surface area contributed by atoms with Crippen LogP contribution in [-0.4, -0.2) is 17.4 Å². The van der Waals surface area contributed by atoms with Gasteiger partial charge in [0.25, 0.3) is 0 Å². The SMILES string of the molecule is CCC(=O)CC(C)(C)NC(C)C. The average Bonchev–Trinajstić information content (AvgIpc) is 1.83. The zero-order valence-corrected chi connectivity index (χ0v) is 8.90. The summed E-state index contributed by atoms with van der Waals surface area (Å²) < 4.78 is 0. The molecule has 0 fully saturated rings. The molecule has 0 aliphatic carbocycles. The highest BCUT2D eigenvalue weighted by molar-refractivity contribution is 5.79. The van der Waals surface area contributed by atoms with Crippen LogP contribution < -0.4 is 5.32 Å². The van der Waals surface area contributed by atoms with Gasteiger partial charge in [0, 0.05) is 24.4 Å². The summed E-state index contributed by atoms with van der Waals surface area (Å²) in [6.45, 7) is 10.2. The molecule has 0 atom stereocenters. The van der Waals surface area contributed by atoms with Gasteiger partial charge in [-0.25, -0.2) is 0 Å². The van der Waals surface area contributed by atoms with E-state index in [1.54, 1.807) is 0 Å². The average molecular weight is 171 g/mol. The molecule has 0 heterocycles. The van der Waals surface area contributed by atoms with Crippen molar-refractivity contribution >= 4 is 5.78 Å². The molecule has 0 bridgehead atoms. The fourth-order valence-electron chi connectivity index (χ4n) is 1.45. The Kier molecular flexibility index (Phi) is 4.46. The number of hydrogen-bond donors (Lipinski definition) is 1. The first-order valence-electron chi connectivity index (χ1n) is 4.67. The van der Waals surface area contributed by atoms with Gasteiger partial charge in [-0.3, -0.25) is 4.79 Å². The van der Waals surface area contributed by atoms with E-state index in [9.17, 15) is 4.79 Å². The lowest BCUT2D eigenvalue weighted by Gasteiger charge is -2.28. The Hall–Kier alpha value is -0.370. The van der Waals surface area contributed by atoms with E-state index in [1.165, 1.54) is 0 Å². The first-order chi connectivity index (χ1) is 5.37. The lowest BCUT2D eigenvalue weighted by molar-refractivity contribution is -0.119. The summed E-state index contributed by atoms with van der Waals surface area (Å²) in [5, 5.41) is 3.36. The number of rotatable bonds is 5. The Labute approximate surface area is 75.7 Å². The standard InChI is InChI=1S/C10H21NO/c1-6-9(12)7-10(4,5)11-8(2)3/h8,11H,6-7H2,1-5H3. The van der Waals surface area contributed by atoms with Crippen molar-refractivity contribution in [3.05, 3.63) is 0 Å². The maximum absolute atomic E-state index is 11.2. The van der Waals surface area contributed by atoms with Crippen LogP contribution in [0, 0.1) is 0 Å². The molecular formula is C10H21NO. The molecule has 1 N–H and O–H groups in total. The van der Waals surface area contributed by atoms with Gasteiger partial charge in [-0.2, -0.15) is 0 Å². The van der Waals surface area contributed by atoms with Crippen LogP contribution in [0.3, 0.4) is 0 Å². The molecule has 0 rings (SSSR count). The number of ketones is 1. The van der Waals surface area contributed by atoms with E-state index in [2.05, 4.69) is 33.0 Å². The van der Waals surface area contributed by atoms with E-state index < -0.39 is 0 Å². The topological polar surface area (TPSA) is 29.1 Å². The first kappa shape index (κ1) is 11.6. The molecule has 0 saturated heterocycles. The monoisotopic (exact) mass is 171 g/mol. The number of hydrogen-bond acceptors (Lipinski definition) is 2. The second-order valence-electron chi connectivity index (χ2n) is 4.25. The van der Waals surface area contributed by atoms with Crippen molar-refractivity contribution in [1.29, 1.82) is 0 Å². The van der Waals surface area contributed by atoms with E-state index in [-0.39, 0.29) is 5.54 Å². The summed E-state index contributed by atoms with van der Waals surface area (Å²) in [6, 6.07) is 0.435. The molecule has 0 spiro atoms. The molecule has 12 heavy (non-hydrogen) atoms. The lowest BCUT2D eigenvalue weighted by Crippen LogP contribution is -2.44. The zero-order chi connectivity index (χ0) is 9.78. The molecule has 0 aromatic carbocycles. The fourth-order valence-corrected chi connectivity index (χ4v) is 1.45. The maximum Gasteiger partial charge on any atom is 0.134 e. The third-order valence-electron chi connectivity index (χ3n) is 1.71. The molecule has 0 aromatic heterocycles. The quantitative estimate of drug-likeness (QED) is 0.686. The zero-order valence-electron chi connectivity index (χ0n) is 8.90. The molecule has 2 nitrogen and oxygen atoms in total. The third-order valence-corrected chi connectivity index (χ3v) is 1.71. The molecule has 0 unspecified atom stereocenters. The lowest BCUT2D eigenvalue weighted by atomic mass is 9.96. The first-order valence-corrected chi connectivity index (χ1v) is 4.67. The third kappa shape index (κ3) is 5.30. The van der Waals surface area contributed by atoms with Crippen LogP contribution in [0.15, 0.2) is 0 Å². The van der Waals surface area contributed by atoms with Crippen LogP contribution in [0.5, 0.6) is 0 Å². The highest BCUT2D eigenvalue weighted by atomic mass is 16.1. The van der Waals surface area contributed by atoms with Crippen molar-refractivity contribution in [3.63, 3.8) is 0 Å². The van der Waals surface area contributed by atoms with E-state index in [4.69, 9.17) is 0 Å². The van der Waals surface area contributed by atoms with E-state index >= 15 is 0 Å². The van der Waals surface area contributed by atoms with Gasteiger partial charge in [0.15, 0.2) is 0 Å². The van der Waals surface area contributed by atoms with Crippen molar-refractivity contribution in [2.24, 2.45) is 0 Å². The summed E-state index contributed by atoms with van der Waals surface area (Å²) in [5.41, 5.74) is -0.0543. The van der Waals surface area contributed by atoms with Crippen LogP contribution in [-0.2, 0) is 4.79 Å². The van der Waals surface area contributed by atoms with E-state index in [0.29, 0.717) is 24.7 Å². The van der Waals surface area contributed by atoms with Gasteiger partial charge in [-0.15, -0.1) is 0 Å². The molecule has 2 heteroatoms. The highest BCUT2D eigenvalue weighted by Crippen LogP contribution is 2.10. The largest absolute Gasteiger partial charge is 0.309 e. The molecule has 0 aliphatic rings. The van der Waals surface area contributed by atoms with Crippen molar-refractivity contribution < 1.29 is 4.79 Å². The van der Waals surface area contributed by atoms with Gasteiger partial charge in [-0.1, -0.05) is 20.8 Å². The van der Waals surface area contributed by atoms with Gasteiger partial charge in [-0.05, 0) is 13.8 Å². The van der Waals surface area contributed by atoms with Crippen molar-refractivity contribution in [3.8, 4) is 0 Å². The molecule has 0 aromatic rings. The minimum Gasteiger partial charge on any atom is -0.309 e. The summed E-state index contributed by atoms with van der Waals surface area (Å²) >= 11 is 0. The summed E-state index contributed by atoms with van der Waals surface area (Å²) in [6.07, 6.45) is 1.27. The number of nitrogens with one attached hydrogen (secondary N) is 1. The Balaban J connectivity index is 3.94. The van der Waals surface area contributed by atoms with Crippen molar-refractivity contribution in [2.45, 2.75) is 59.0 Å². The van der Waals surface area contributed by atoms with Crippen LogP contribution in [0.1, 0.15) is 47.5 Å². The molecule has 0 radical (unpaired) electrons. The van der Waals surface area contributed by atoms with Crippen LogP contribution in [0.25, 0.3) is 0 Å². The van der Waals surface area contributed by atoms with E-state index in [1.807, 2.05) is 6.92 Å². The number of carbonyl (C=O) groups excluding carboxylic acids is 1. The Morgan fingerprint density at radius 2 is 1.92 bits per heavy atom. The predicted octanol–water partition coefficient (Wildman–Crippen LogP) is 2.13. The number of carbonyl (C=O) groups is 1.